The summed E-state index contributed by atoms with van der Waals surface area (Å²) in [7, 11) is 2.88. The number of fused-ring (bicyclic) bond motifs is 1. The Labute approximate surface area is 155 Å². The van der Waals surface area contributed by atoms with Crippen LogP contribution in [0.4, 0.5) is 5.69 Å². The van der Waals surface area contributed by atoms with Gasteiger partial charge in [-0.25, -0.2) is 9.78 Å². The van der Waals surface area contributed by atoms with Crippen LogP contribution < -0.4 is 16.6 Å². The Morgan fingerprint density at radius 2 is 1.88 bits per heavy atom. The van der Waals surface area contributed by atoms with Crippen LogP contribution in [0, 0.1) is 0 Å². The Bertz CT molecular complexity index is 1140. The van der Waals surface area contributed by atoms with E-state index in [0.717, 1.165) is 9.04 Å². The molecule has 0 fully saturated rings. The highest BCUT2D eigenvalue weighted by molar-refractivity contribution is 9.10. The first-order chi connectivity index (χ1) is 11.8. The first-order valence-electron chi connectivity index (χ1n) is 7.13. The van der Waals surface area contributed by atoms with Gasteiger partial charge in [-0.3, -0.25) is 18.7 Å². The molecule has 0 spiro atoms. The van der Waals surface area contributed by atoms with Crippen molar-refractivity contribution in [2.75, 3.05) is 5.32 Å². The smallest absolute Gasteiger partial charge is 0.319 e. The molecular weight excluding hydrogens is 412 g/mol. The van der Waals surface area contributed by atoms with Gasteiger partial charge in [0.25, 0.3) is 11.5 Å². The van der Waals surface area contributed by atoms with Gasteiger partial charge in [-0.15, -0.1) is 0 Å². The molecule has 25 heavy (non-hydrogen) atoms. The van der Waals surface area contributed by atoms with E-state index in [9.17, 15) is 14.4 Å². The van der Waals surface area contributed by atoms with E-state index in [-0.39, 0.29) is 16.7 Å². The Morgan fingerprint density at radius 3 is 2.56 bits per heavy atom. The third-order valence-corrected chi connectivity index (χ3v) is 4.52. The molecule has 0 aliphatic heterocycles. The van der Waals surface area contributed by atoms with Gasteiger partial charge in [0.2, 0.25) is 0 Å². The third-order valence-electron chi connectivity index (χ3n) is 3.71. The Kier molecular flexibility index (Phi) is 4.49. The molecular formula is C16H12BrClN4O3. The van der Waals surface area contributed by atoms with Gasteiger partial charge in [0.15, 0.2) is 0 Å². The molecule has 2 aromatic heterocycles. The number of benzene rings is 1. The van der Waals surface area contributed by atoms with Gasteiger partial charge < -0.3 is 5.32 Å². The number of halogens is 2. The number of aryl methyl sites for hydroxylation is 1. The van der Waals surface area contributed by atoms with Crippen LogP contribution in [0.15, 0.2) is 44.4 Å². The maximum Gasteiger partial charge on any atom is 0.332 e. The van der Waals surface area contributed by atoms with Gasteiger partial charge in [0.1, 0.15) is 11.3 Å². The summed E-state index contributed by atoms with van der Waals surface area (Å²) in [5, 5.41) is 3.27. The lowest BCUT2D eigenvalue weighted by atomic mass is 10.2. The Balaban J connectivity index is 2.06. The molecule has 2 heterocycles. The van der Waals surface area contributed by atoms with Crippen LogP contribution in [0.2, 0.25) is 5.02 Å². The molecule has 9 heteroatoms. The summed E-state index contributed by atoms with van der Waals surface area (Å²) < 4.78 is 3.00. The fourth-order valence-electron chi connectivity index (χ4n) is 2.36. The molecule has 0 aliphatic carbocycles. The topological polar surface area (TPSA) is 86.0 Å². The summed E-state index contributed by atoms with van der Waals surface area (Å²) in [4.78, 5) is 40.7. The molecule has 1 amide bonds. The number of hydrogen-bond acceptors (Lipinski definition) is 4. The van der Waals surface area contributed by atoms with E-state index in [1.165, 1.54) is 30.8 Å². The van der Waals surface area contributed by atoms with Gasteiger partial charge in [-0.1, -0.05) is 27.5 Å². The number of carbonyl (C=O) groups is 1. The molecule has 0 bridgehead atoms. The molecule has 0 saturated heterocycles. The highest BCUT2D eigenvalue weighted by Gasteiger charge is 2.15. The second-order valence-corrected chi connectivity index (χ2v) is 6.67. The fraction of sp³-hybridized carbons (Fsp3) is 0.125. The van der Waals surface area contributed by atoms with Gasteiger partial charge in [-0.2, -0.15) is 0 Å². The normalized spacial score (nSPS) is 10.9. The van der Waals surface area contributed by atoms with Crippen molar-refractivity contribution in [3.8, 4) is 0 Å². The van der Waals surface area contributed by atoms with Gasteiger partial charge >= 0.3 is 5.69 Å². The van der Waals surface area contributed by atoms with Crippen LogP contribution in [0.1, 0.15) is 10.5 Å². The monoisotopic (exact) mass is 422 g/mol. The summed E-state index contributed by atoms with van der Waals surface area (Å²) in [6.07, 6.45) is 0. The highest BCUT2D eigenvalue weighted by Crippen LogP contribution is 2.26. The van der Waals surface area contributed by atoms with Gasteiger partial charge in [0.05, 0.1) is 16.1 Å². The summed E-state index contributed by atoms with van der Waals surface area (Å²) in [5.41, 5.74) is -0.348. The van der Waals surface area contributed by atoms with Crippen LogP contribution in [0.25, 0.3) is 11.0 Å². The number of hydrogen-bond donors (Lipinski definition) is 1. The average molecular weight is 424 g/mol. The van der Waals surface area contributed by atoms with E-state index in [1.54, 1.807) is 18.2 Å². The largest absolute Gasteiger partial charge is 0.332 e. The molecule has 7 nitrogen and oxygen atoms in total. The van der Waals surface area contributed by atoms with E-state index >= 15 is 0 Å². The number of carbonyl (C=O) groups excluding carboxylic acids is 1. The van der Waals surface area contributed by atoms with Crippen LogP contribution in [-0.2, 0) is 14.1 Å². The summed E-state index contributed by atoms with van der Waals surface area (Å²) >= 11 is 9.37. The Hall–Kier alpha value is -2.45. The Morgan fingerprint density at radius 1 is 1.16 bits per heavy atom. The SMILES string of the molecule is Cn1c(=O)c2ccc(C(=O)Nc3ccc(Br)cc3Cl)nc2n(C)c1=O. The number of nitrogens with one attached hydrogen (secondary N) is 1. The van der Waals surface area contributed by atoms with Crippen molar-refractivity contribution in [2.24, 2.45) is 14.1 Å². The zero-order chi connectivity index (χ0) is 18.3. The number of anilines is 1. The van der Waals surface area contributed by atoms with E-state index < -0.39 is 17.2 Å². The third kappa shape index (κ3) is 3.10. The van der Waals surface area contributed by atoms with Crippen molar-refractivity contribution < 1.29 is 4.79 Å². The minimum atomic E-state index is -0.515. The highest BCUT2D eigenvalue weighted by atomic mass is 79.9. The maximum absolute atomic E-state index is 12.4. The zero-order valence-corrected chi connectivity index (χ0v) is 15.6. The van der Waals surface area contributed by atoms with Crippen LogP contribution in [-0.4, -0.2) is 20.0 Å². The molecule has 3 aromatic rings. The zero-order valence-electron chi connectivity index (χ0n) is 13.2. The standard InChI is InChI=1S/C16H12BrClN4O3/c1-21-13-9(15(24)22(2)16(21)25)4-6-12(19-13)14(23)20-11-5-3-8(17)7-10(11)18/h3-7H,1-2H3,(H,20,23). The first kappa shape index (κ1) is 17.4. The van der Waals surface area contributed by atoms with Gasteiger partial charge in [-0.05, 0) is 30.3 Å². The predicted molar refractivity (Wildman–Crippen MR) is 99.3 cm³/mol. The molecule has 1 aromatic carbocycles. The molecule has 0 aliphatic rings. The van der Waals surface area contributed by atoms with Crippen LogP contribution in [0.5, 0.6) is 0 Å². The van der Waals surface area contributed by atoms with Crippen molar-refractivity contribution >= 4 is 50.2 Å². The molecule has 3 rings (SSSR count). The lowest BCUT2D eigenvalue weighted by Crippen LogP contribution is -2.37. The van der Waals surface area contributed by atoms with Crippen molar-refractivity contribution in [1.29, 1.82) is 0 Å². The van der Waals surface area contributed by atoms with Crippen molar-refractivity contribution in [1.82, 2.24) is 14.1 Å². The van der Waals surface area contributed by atoms with Crippen molar-refractivity contribution in [3.05, 3.63) is 66.4 Å². The summed E-state index contributed by atoms with van der Waals surface area (Å²) in [6, 6.07) is 7.94. The second kappa shape index (κ2) is 6.45. The predicted octanol–water partition coefficient (Wildman–Crippen LogP) is 2.30. The van der Waals surface area contributed by atoms with E-state index in [0.29, 0.717) is 10.7 Å². The molecule has 0 atom stereocenters. The lowest BCUT2D eigenvalue weighted by Gasteiger charge is -2.09. The maximum atomic E-state index is 12.4. The number of nitrogens with zero attached hydrogens (tertiary/aromatic N) is 3. The second-order valence-electron chi connectivity index (χ2n) is 5.35. The van der Waals surface area contributed by atoms with Crippen molar-refractivity contribution in [2.45, 2.75) is 0 Å². The van der Waals surface area contributed by atoms with E-state index in [1.807, 2.05) is 0 Å². The number of aromatic nitrogens is 3. The number of rotatable bonds is 2. The molecule has 1 N–H and O–H groups in total. The number of pyridine rings is 1. The summed E-state index contributed by atoms with van der Waals surface area (Å²) in [6.45, 7) is 0. The van der Waals surface area contributed by atoms with Gasteiger partial charge in [0, 0.05) is 18.6 Å². The van der Waals surface area contributed by atoms with Crippen LogP contribution >= 0.6 is 27.5 Å². The molecule has 0 saturated carbocycles. The fourth-order valence-corrected chi connectivity index (χ4v) is 3.08. The quantitative estimate of drug-likeness (QED) is 0.685. The lowest BCUT2D eigenvalue weighted by molar-refractivity contribution is 0.102. The molecule has 128 valence electrons. The van der Waals surface area contributed by atoms with Crippen molar-refractivity contribution in [3.63, 3.8) is 0 Å². The van der Waals surface area contributed by atoms with E-state index in [2.05, 4.69) is 26.2 Å². The minimum Gasteiger partial charge on any atom is -0.319 e. The molecule has 0 unspecified atom stereocenters. The van der Waals surface area contributed by atoms with E-state index in [4.69, 9.17) is 11.6 Å². The summed E-state index contributed by atoms with van der Waals surface area (Å²) in [5.74, 6) is -0.501. The average Bonchev–Trinajstić information content (AvgIpc) is 2.60. The molecule has 0 radical (unpaired) electrons. The number of amides is 1. The minimum absolute atomic E-state index is 0.0646. The first-order valence-corrected chi connectivity index (χ1v) is 8.30. The van der Waals surface area contributed by atoms with Crippen LogP contribution in [0.3, 0.4) is 0 Å².